The summed E-state index contributed by atoms with van der Waals surface area (Å²) in [5, 5.41) is 11.4. The summed E-state index contributed by atoms with van der Waals surface area (Å²) in [4.78, 5) is 17.9. The van der Waals surface area contributed by atoms with Crippen LogP contribution in [0.25, 0.3) is 17.5 Å². The number of ketones is 1. The summed E-state index contributed by atoms with van der Waals surface area (Å²) in [6.07, 6.45) is 4.58. The number of carbonyl (C=O) groups excluding carboxylic acids is 1. The molecule has 6 nitrogen and oxygen atoms in total. The van der Waals surface area contributed by atoms with E-state index in [2.05, 4.69) is 33.7 Å². The number of carbonyl (C=O) groups is 1. The number of aliphatic imine (C=N–C) groups is 1. The van der Waals surface area contributed by atoms with Crippen molar-refractivity contribution in [2.75, 3.05) is 5.32 Å². The average molecular weight is 432 g/mol. The van der Waals surface area contributed by atoms with Crippen LogP contribution in [-0.4, -0.2) is 27.9 Å². The van der Waals surface area contributed by atoms with Crippen LogP contribution in [0.2, 0.25) is 0 Å². The highest BCUT2D eigenvalue weighted by Crippen LogP contribution is 2.28. The van der Waals surface area contributed by atoms with Crippen LogP contribution in [0.3, 0.4) is 0 Å². The minimum Gasteiger partial charge on any atom is -0.403 e. The Labute approximate surface area is 190 Å². The molecule has 1 aliphatic heterocycles. The highest BCUT2D eigenvalue weighted by Gasteiger charge is 2.27. The Hall–Kier alpha value is -4.32. The van der Waals surface area contributed by atoms with Gasteiger partial charge in [-0.1, -0.05) is 77.9 Å². The molecule has 3 aromatic carbocycles. The highest BCUT2D eigenvalue weighted by molar-refractivity contribution is 6.16. The molecule has 1 unspecified atom stereocenters. The van der Waals surface area contributed by atoms with E-state index >= 15 is 0 Å². The minimum absolute atomic E-state index is 0.0586. The second kappa shape index (κ2) is 7.98. The number of anilines is 1. The van der Waals surface area contributed by atoms with Gasteiger partial charge in [-0.05, 0) is 35.2 Å². The number of rotatable bonds is 4. The fourth-order valence-electron chi connectivity index (χ4n) is 4.31. The molecule has 0 amide bonds. The Morgan fingerprint density at radius 2 is 1.73 bits per heavy atom. The molecule has 0 saturated carbocycles. The van der Waals surface area contributed by atoms with Crippen molar-refractivity contribution in [1.29, 1.82) is 0 Å². The maximum absolute atomic E-state index is 13.1. The molecular formula is C27H20N4O2. The first kappa shape index (κ1) is 19.4. The second-order valence-electron chi connectivity index (χ2n) is 8.12. The van der Waals surface area contributed by atoms with Crippen molar-refractivity contribution >= 4 is 23.6 Å². The molecule has 0 fully saturated rings. The van der Waals surface area contributed by atoms with Gasteiger partial charge in [-0.15, -0.1) is 5.10 Å². The highest BCUT2D eigenvalue weighted by atomic mass is 16.4. The molecule has 6 rings (SSSR count). The van der Waals surface area contributed by atoms with Gasteiger partial charge in [0.05, 0.1) is 5.71 Å². The fourth-order valence-corrected chi connectivity index (χ4v) is 4.31. The lowest BCUT2D eigenvalue weighted by atomic mass is 9.96. The monoisotopic (exact) mass is 432 g/mol. The molecule has 2 heterocycles. The lowest BCUT2D eigenvalue weighted by Gasteiger charge is -2.11. The van der Waals surface area contributed by atoms with E-state index in [-0.39, 0.29) is 18.2 Å². The Morgan fingerprint density at radius 3 is 2.64 bits per heavy atom. The average Bonchev–Trinajstić information content (AvgIpc) is 3.49. The first-order chi connectivity index (χ1) is 16.2. The number of fused-ring (bicyclic) bond motifs is 2. The summed E-state index contributed by atoms with van der Waals surface area (Å²) in [6.45, 7) is 0. The van der Waals surface area contributed by atoms with Crippen LogP contribution < -0.4 is 5.32 Å². The van der Waals surface area contributed by atoms with Crippen molar-refractivity contribution in [3.05, 3.63) is 107 Å². The zero-order chi connectivity index (χ0) is 22.2. The lowest BCUT2D eigenvalue weighted by molar-refractivity contribution is -0.119. The third-order valence-electron chi connectivity index (χ3n) is 5.96. The smallest absolute Gasteiger partial charge is 0.317 e. The van der Waals surface area contributed by atoms with Crippen molar-refractivity contribution in [2.24, 2.45) is 4.99 Å². The summed E-state index contributed by atoms with van der Waals surface area (Å²) < 4.78 is 5.86. The Kier molecular flexibility index (Phi) is 4.69. The zero-order valence-electron chi connectivity index (χ0n) is 17.7. The summed E-state index contributed by atoms with van der Waals surface area (Å²) in [7, 11) is 0. The van der Waals surface area contributed by atoms with Crippen LogP contribution in [0.1, 0.15) is 27.8 Å². The van der Waals surface area contributed by atoms with Crippen molar-refractivity contribution < 1.29 is 9.21 Å². The minimum atomic E-state index is -0.829. The number of hydrogen-bond donors (Lipinski definition) is 1. The normalized spacial score (nSPS) is 16.7. The molecule has 6 heteroatoms. The first-order valence-electron chi connectivity index (χ1n) is 10.9. The van der Waals surface area contributed by atoms with Crippen LogP contribution in [0.5, 0.6) is 0 Å². The van der Waals surface area contributed by atoms with Gasteiger partial charge in [-0.25, -0.2) is 0 Å². The van der Waals surface area contributed by atoms with E-state index < -0.39 is 6.17 Å². The molecule has 1 atom stereocenters. The summed E-state index contributed by atoms with van der Waals surface area (Å²) in [5.41, 5.74) is 6.92. The van der Waals surface area contributed by atoms with Crippen LogP contribution >= 0.6 is 0 Å². The Bertz CT molecular complexity index is 1420. The lowest BCUT2D eigenvalue weighted by Crippen LogP contribution is -2.29. The third-order valence-corrected chi connectivity index (χ3v) is 5.96. The number of nitrogens with one attached hydrogen (secondary N) is 1. The van der Waals surface area contributed by atoms with Crippen LogP contribution in [-0.2, 0) is 17.6 Å². The molecule has 160 valence electrons. The first-order valence-corrected chi connectivity index (χ1v) is 10.9. The Morgan fingerprint density at radius 1 is 0.879 bits per heavy atom. The molecule has 0 saturated heterocycles. The molecule has 4 aromatic rings. The van der Waals surface area contributed by atoms with Crippen LogP contribution in [0, 0.1) is 0 Å². The SMILES string of the molecule is O=C1Cc2ccccc2C(c2ccccc2)=NC1Nc1nnc(-c2ccc3c(c2)CC=C3)o1. The standard InChI is InChI=1S/C27H20N4O2/c32-23-16-20-9-4-5-12-22(20)24(18-7-2-1-3-8-18)28-25(23)29-27-31-30-26(33-27)21-14-13-17-10-6-11-19(17)15-21/h1-10,12-15,25H,11,16H2,(H,29,31). The molecule has 0 bridgehead atoms. The molecule has 0 spiro atoms. The van der Waals surface area contributed by atoms with Gasteiger partial charge in [0.2, 0.25) is 5.89 Å². The van der Waals surface area contributed by atoms with Gasteiger partial charge in [-0.2, -0.15) is 0 Å². The molecular weight excluding hydrogens is 412 g/mol. The second-order valence-corrected chi connectivity index (χ2v) is 8.12. The van der Waals surface area contributed by atoms with E-state index in [9.17, 15) is 4.79 Å². The maximum Gasteiger partial charge on any atom is 0.317 e. The van der Waals surface area contributed by atoms with Gasteiger partial charge in [0.15, 0.2) is 11.9 Å². The van der Waals surface area contributed by atoms with E-state index in [0.29, 0.717) is 5.89 Å². The topological polar surface area (TPSA) is 80.4 Å². The molecule has 1 aromatic heterocycles. The number of aromatic nitrogens is 2. The van der Waals surface area contributed by atoms with E-state index in [1.54, 1.807) is 0 Å². The maximum atomic E-state index is 13.1. The van der Waals surface area contributed by atoms with Gasteiger partial charge in [0.1, 0.15) is 0 Å². The van der Waals surface area contributed by atoms with Crippen molar-refractivity contribution in [3.63, 3.8) is 0 Å². The Balaban J connectivity index is 1.33. The number of benzene rings is 3. The predicted molar refractivity (Wildman–Crippen MR) is 127 cm³/mol. The number of Topliss-reactive ketones (excluding diaryl/α,β-unsaturated/α-hetero) is 1. The van der Waals surface area contributed by atoms with Gasteiger partial charge in [-0.3, -0.25) is 9.79 Å². The molecule has 33 heavy (non-hydrogen) atoms. The van der Waals surface area contributed by atoms with Crippen LogP contribution in [0.4, 0.5) is 6.01 Å². The van der Waals surface area contributed by atoms with Gasteiger partial charge >= 0.3 is 6.01 Å². The van der Waals surface area contributed by atoms with Gasteiger partial charge < -0.3 is 9.73 Å². The van der Waals surface area contributed by atoms with Crippen molar-refractivity contribution in [1.82, 2.24) is 10.2 Å². The molecule has 2 aliphatic rings. The molecule has 1 aliphatic carbocycles. The summed E-state index contributed by atoms with van der Waals surface area (Å²) in [6, 6.07) is 24.0. The van der Waals surface area contributed by atoms with E-state index in [1.165, 1.54) is 11.1 Å². The predicted octanol–water partition coefficient (Wildman–Crippen LogP) is 4.71. The van der Waals surface area contributed by atoms with Gasteiger partial charge in [0.25, 0.3) is 0 Å². The summed E-state index contributed by atoms with van der Waals surface area (Å²) >= 11 is 0. The third kappa shape index (κ3) is 3.65. The quantitative estimate of drug-likeness (QED) is 0.505. The molecule has 1 N–H and O–H groups in total. The fraction of sp³-hybridized carbons (Fsp3) is 0.111. The summed E-state index contributed by atoms with van der Waals surface area (Å²) in [5.74, 6) is 0.348. The van der Waals surface area contributed by atoms with Crippen molar-refractivity contribution in [3.8, 4) is 11.5 Å². The number of nitrogens with zero attached hydrogens (tertiary/aromatic N) is 3. The number of hydrogen-bond acceptors (Lipinski definition) is 6. The van der Waals surface area contributed by atoms with E-state index in [1.807, 2.05) is 66.7 Å². The zero-order valence-corrected chi connectivity index (χ0v) is 17.7. The number of allylic oxidation sites excluding steroid dienone is 1. The van der Waals surface area contributed by atoms with Crippen molar-refractivity contribution in [2.45, 2.75) is 19.0 Å². The molecule has 0 radical (unpaired) electrons. The largest absolute Gasteiger partial charge is 0.403 e. The van der Waals surface area contributed by atoms with Crippen LogP contribution in [0.15, 0.2) is 88.3 Å². The van der Waals surface area contributed by atoms with E-state index in [4.69, 9.17) is 9.41 Å². The van der Waals surface area contributed by atoms with Gasteiger partial charge in [0, 0.05) is 23.1 Å². The van der Waals surface area contributed by atoms with E-state index in [0.717, 1.165) is 34.4 Å².